The number of halogens is 1. The Labute approximate surface area is 156 Å². The van der Waals surface area contributed by atoms with Gasteiger partial charge in [-0.15, -0.1) is 0 Å². The maximum absolute atomic E-state index is 14.5. The summed E-state index contributed by atoms with van der Waals surface area (Å²) in [6.07, 6.45) is 2.87. The van der Waals surface area contributed by atoms with Crippen molar-refractivity contribution in [1.29, 1.82) is 0 Å². The summed E-state index contributed by atoms with van der Waals surface area (Å²) in [5, 5.41) is 0. The molecule has 0 unspecified atom stereocenters. The summed E-state index contributed by atoms with van der Waals surface area (Å²) in [6.45, 7) is 0.984. The van der Waals surface area contributed by atoms with Crippen molar-refractivity contribution in [2.45, 2.75) is 18.9 Å². The van der Waals surface area contributed by atoms with Gasteiger partial charge in [0.1, 0.15) is 11.8 Å². The molecule has 7 heteroatoms. The summed E-state index contributed by atoms with van der Waals surface area (Å²) in [5.74, 6) is 0.369. The molecule has 1 fully saturated rings. The van der Waals surface area contributed by atoms with Crippen LogP contribution in [0, 0.1) is 5.95 Å². The highest BCUT2D eigenvalue weighted by molar-refractivity contribution is 5.93. The van der Waals surface area contributed by atoms with Crippen LogP contribution in [0.5, 0.6) is 11.5 Å². The predicted octanol–water partition coefficient (Wildman–Crippen LogP) is 3.17. The van der Waals surface area contributed by atoms with Crippen molar-refractivity contribution in [3.05, 3.63) is 60.3 Å². The zero-order valence-electron chi connectivity index (χ0n) is 15.0. The lowest BCUT2D eigenvalue weighted by Gasteiger charge is -2.32. The van der Waals surface area contributed by atoms with Gasteiger partial charge in [0, 0.05) is 32.1 Å². The highest BCUT2D eigenvalue weighted by atomic mass is 19.1. The number of pyridine rings is 1. The summed E-state index contributed by atoms with van der Waals surface area (Å²) in [5.41, 5.74) is 0.290. The molecule has 1 aliphatic rings. The maximum atomic E-state index is 14.5. The number of benzene rings is 1. The Morgan fingerprint density at radius 2 is 1.81 bits per heavy atom. The van der Waals surface area contributed by atoms with Crippen LogP contribution in [0.2, 0.25) is 0 Å². The zero-order chi connectivity index (χ0) is 18.8. The molecule has 1 aliphatic heterocycles. The third kappa shape index (κ3) is 3.32. The monoisotopic (exact) mass is 369 g/mol. The van der Waals surface area contributed by atoms with E-state index in [0.29, 0.717) is 43.1 Å². The van der Waals surface area contributed by atoms with Crippen LogP contribution >= 0.6 is 0 Å². The van der Waals surface area contributed by atoms with E-state index in [9.17, 15) is 9.18 Å². The first-order valence-electron chi connectivity index (χ1n) is 8.89. The van der Waals surface area contributed by atoms with Crippen molar-refractivity contribution in [3.8, 4) is 11.5 Å². The van der Waals surface area contributed by atoms with Gasteiger partial charge in [0.25, 0.3) is 5.91 Å². The highest BCUT2D eigenvalue weighted by Gasteiger charge is 2.29. The molecule has 0 saturated carbocycles. The first-order chi connectivity index (χ1) is 13.2. The third-order valence-corrected chi connectivity index (χ3v) is 4.77. The number of imidazole rings is 1. The normalized spacial score (nSPS) is 15.1. The van der Waals surface area contributed by atoms with Crippen molar-refractivity contribution < 1.29 is 18.7 Å². The number of piperidine rings is 1. The van der Waals surface area contributed by atoms with E-state index >= 15 is 0 Å². The van der Waals surface area contributed by atoms with Crippen LogP contribution < -0.4 is 9.47 Å². The fourth-order valence-corrected chi connectivity index (χ4v) is 3.32. The van der Waals surface area contributed by atoms with Gasteiger partial charge in [-0.25, -0.2) is 4.98 Å². The zero-order valence-corrected chi connectivity index (χ0v) is 15.0. The first-order valence-corrected chi connectivity index (χ1v) is 8.89. The fourth-order valence-electron chi connectivity index (χ4n) is 3.32. The minimum absolute atomic E-state index is 0.0173. The van der Waals surface area contributed by atoms with Crippen LogP contribution in [0.3, 0.4) is 0 Å². The molecule has 0 N–H and O–H groups in total. The van der Waals surface area contributed by atoms with Crippen molar-refractivity contribution >= 4 is 11.6 Å². The molecule has 27 heavy (non-hydrogen) atoms. The first kappa shape index (κ1) is 17.3. The van der Waals surface area contributed by atoms with Crippen LogP contribution in [0.1, 0.15) is 23.3 Å². The summed E-state index contributed by atoms with van der Waals surface area (Å²) < 4.78 is 27.1. The van der Waals surface area contributed by atoms with Gasteiger partial charge >= 0.3 is 0 Å². The second-order valence-corrected chi connectivity index (χ2v) is 6.44. The van der Waals surface area contributed by atoms with Crippen LogP contribution in [0.25, 0.3) is 5.65 Å². The number of fused-ring (bicyclic) bond motifs is 1. The molecule has 0 radical (unpaired) electrons. The van der Waals surface area contributed by atoms with E-state index in [2.05, 4.69) is 4.98 Å². The number of carbonyl (C=O) groups is 1. The van der Waals surface area contributed by atoms with Gasteiger partial charge in [0.2, 0.25) is 5.95 Å². The van der Waals surface area contributed by atoms with Gasteiger partial charge in [-0.3, -0.25) is 9.20 Å². The van der Waals surface area contributed by atoms with Crippen molar-refractivity contribution in [3.63, 3.8) is 0 Å². The van der Waals surface area contributed by atoms with Crippen LogP contribution in [0.15, 0.2) is 48.7 Å². The van der Waals surface area contributed by atoms with Crippen molar-refractivity contribution in [2.75, 3.05) is 20.2 Å². The summed E-state index contributed by atoms with van der Waals surface area (Å²) in [4.78, 5) is 18.5. The Hall–Kier alpha value is -3.09. The van der Waals surface area contributed by atoms with Crippen molar-refractivity contribution in [1.82, 2.24) is 14.3 Å². The summed E-state index contributed by atoms with van der Waals surface area (Å²) in [6, 6.07) is 12.6. The Morgan fingerprint density at radius 1 is 1.11 bits per heavy atom. The number of rotatable bonds is 4. The molecule has 0 spiro atoms. The minimum Gasteiger partial charge on any atom is -0.493 e. The van der Waals surface area contributed by atoms with E-state index in [-0.39, 0.29) is 17.7 Å². The smallest absolute Gasteiger partial charge is 0.277 e. The number of aromatic nitrogens is 2. The van der Waals surface area contributed by atoms with Crippen LogP contribution in [-0.4, -0.2) is 46.5 Å². The number of ether oxygens (including phenoxy) is 2. The van der Waals surface area contributed by atoms with E-state index in [1.807, 2.05) is 24.3 Å². The molecular weight excluding hydrogens is 349 g/mol. The lowest BCUT2D eigenvalue weighted by atomic mass is 10.1. The lowest BCUT2D eigenvalue weighted by molar-refractivity contribution is 0.0581. The number of amides is 1. The highest BCUT2D eigenvalue weighted by Crippen LogP contribution is 2.29. The van der Waals surface area contributed by atoms with Gasteiger partial charge in [-0.1, -0.05) is 18.2 Å². The molecule has 6 nitrogen and oxygen atoms in total. The Bertz CT molecular complexity index is 964. The molecule has 0 aliphatic carbocycles. The quantitative estimate of drug-likeness (QED) is 0.709. The molecule has 0 bridgehead atoms. The molecule has 4 rings (SSSR count). The second kappa shape index (κ2) is 7.26. The Kier molecular flexibility index (Phi) is 4.66. The average molecular weight is 369 g/mol. The van der Waals surface area contributed by atoms with Crippen molar-refractivity contribution in [2.24, 2.45) is 0 Å². The molecule has 2 aromatic heterocycles. The molecule has 1 aromatic carbocycles. The molecule has 1 amide bonds. The predicted molar refractivity (Wildman–Crippen MR) is 97.7 cm³/mol. The number of hydrogen-bond donors (Lipinski definition) is 0. The molecule has 1 saturated heterocycles. The van der Waals surface area contributed by atoms with Gasteiger partial charge in [0.15, 0.2) is 17.2 Å². The Morgan fingerprint density at radius 3 is 2.52 bits per heavy atom. The van der Waals surface area contributed by atoms with E-state index in [4.69, 9.17) is 9.47 Å². The molecule has 140 valence electrons. The maximum Gasteiger partial charge on any atom is 0.277 e. The lowest BCUT2D eigenvalue weighted by Crippen LogP contribution is -2.42. The number of likely N-dealkylation sites (tertiary alicyclic amines) is 1. The summed E-state index contributed by atoms with van der Waals surface area (Å²) >= 11 is 0. The SMILES string of the molecule is COc1ccccc1OC1CCN(C(=O)c2nc3ccccn3c2F)CC1. The van der Waals surface area contributed by atoms with Gasteiger partial charge in [-0.2, -0.15) is 4.39 Å². The fraction of sp³-hybridized carbons (Fsp3) is 0.300. The summed E-state index contributed by atoms with van der Waals surface area (Å²) in [7, 11) is 1.60. The largest absolute Gasteiger partial charge is 0.493 e. The van der Waals surface area contributed by atoms with E-state index in [1.165, 1.54) is 4.40 Å². The van der Waals surface area contributed by atoms with E-state index in [1.54, 1.807) is 36.4 Å². The minimum atomic E-state index is -0.622. The molecular formula is C20H20FN3O3. The Balaban J connectivity index is 1.42. The average Bonchev–Trinajstić information content (AvgIpc) is 3.05. The van der Waals surface area contributed by atoms with Gasteiger partial charge in [-0.05, 0) is 24.3 Å². The van der Waals surface area contributed by atoms with Gasteiger partial charge < -0.3 is 14.4 Å². The number of para-hydroxylation sites is 2. The second-order valence-electron chi connectivity index (χ2n) is 6.44. The van der Waals surface area contributed by atoms with Crippen LogP contribution in [0.4, 0.5) is 4.39 Å². The van der Waals surface area contributed by atoms with E-state index in [0.717, 1.165) is 0 Å². The standard InChI is InChI=1S/C20H20FN3O3/c1-26-15-6-2-3-7-16(15)27-14-9-12-23(13-10-14)20(25)18-19(21)24-11-5-4-8-17(24)22-18/h2-8,11,14H,9-10,12-13H2,1H3. The molecule has 3 heterocycles. The molecule has 3 aromatic rings. The van der Waals surface area contributed by atoms with Crippen LogP contribution in [-0.2, 0) is 0 Å². The van der Waals surface area contributed by atoms with Gasteiger partial charge in [0.05, 0.1) is 7.11 Å². The topological polar surface area (TPSA) is 56.1 Å². The number of hydrogen-bond acceptors (Lipinski definition) is 4. The number of carbonyl (C=O) groups excluding carboxylic acids is 1. The third-order valence-electron chi connectivity index (χ3n) is 4.77. The molecule has 0 atom stereocenters. The number of methoxy groups -OCH3 is 1. The van der Waals surface area contributed by atoms with E-state index < -0.39 is 5.95 Å². The number of nitrogens with zero attached hydrogens (tertiary/aromatic N) is 3.